The molecule has 176 valence electrons. The van der Waals surface area contributed by atoms with Crippen molar-refractivity contribution in [1.29, 1.82) is 0 Å². The molecule has 0 atom stereocenters. The molecule has 3 aromatic heterocycles. The van der Waals surface area contributed by atoms with Crippen molar-refractivity contribution in [3.63, 3.8) is 0 Å². The zero-order valence-corrected chi connectivity index (χ0v) is 20.7. The molecule has 6 rings (SSSR count). The summed E-state index contributed by atoms with van der Waals surface area (Å²) in [6.07, 6.45) is 3.06. The SMILES string of the molecule is Cc1cn2nc(-c3cc(F)c4cc(N5CC6(CCNC6)C5)nnc4c3)cc(C)c2n1.Cl.Cl.Cl. The number of halogens is 4. The lowest BCUT2D eigenvalue weighted by atomic mass is 9.79. The fraction of sp³-hybridized carbons (Fsp3) is 0.364. The van der Waals surface area contributed by atoms with E-state index in [9.17, 15) is 0 Å². The van der Waals surface area contributed by atoms with Gasteiger partial charge in [-0.15, -0.1) is 47.4 Å². The summed E-state index contributed by atoms with van der Waals surface area (Å²) < 4.78 is 16.8. The van der Waals surface area contributed by atoms with Crippen molar-refractivity contribution >= 4 is 59.6 Å². The summed E-state index contributed by atoms with van der Waals surface area (Å²) in [5, 5.41) is 17.3. The Morgan fingerprint density at radius 3 is 2.55 bits per heavy atom. The predicted octanol–water partition coefficient (Wildman–Crippen LogP) is 4.16. The highest BCUT2D eigenvalue weighted by Crippen LogP contribution is 2.39. The smallest absolute Gasteiger partial charge is 0.156 e. The second-order valence-electron chi connectivity index (χ2n) is 8.74. The van der Waals surface area contributed by atoms with Crippen LogP contribution in [0.1, 0.15) is 17.7 Å². The zero-order valence-electron chi connectivity index (χ0n) is 18.2. The minimum atomic E-state index is -0.308. The molecule has 4 aromatic rings. The molecule has 0 unspecified atom stereocenters. The highest BCUT2D eigenvalue weighted by molar-refractivity contribution is 5.86. The molecule has 2 aliphatic heterocycles. The van der Waals surface area contributed by atoms with Gasteiger partial charge in [0.05, 0.1) is 23.1 Å². The van der Waals surface area contributed by atoms with Gasteiger partial charge >= 0.3 is 0 Å². The van der Waals surface area contributed by atoms with Crippen molar-refractivity contribution in [2.45, 2.75) is 20.3 Å². The van der Waals surface area contributed by atoms with Gasteiger partial charge in [-0.1, -0.05) is 0 Å². The van der Waals surface area contributed by atoms with Gasteiger partial charge in [-0.2, -0.15) is 5.10 Å². The molecule has 0 radical (unpaired) electrons. The number of hydrogen-bond acceptors (Lipinski definition) is 6. The Morgan fingerprint density at radius 1 is 1.03 bits per heavy atom. The lowest BCUT2D eigenvalue weighted by Crippen LogP contribution is -2.57. The van der Waals surface area contributed by atoms with Crippen LogP contribution in [-0.4, -0.2) is 51.0 Å². The Kier molecular flexibility index (Phi) is 7.05. The van der Waals surface area contributed by atoms with Crippen LogP contribution >= 0.6 is 37.2 Å². The van der Waals surface area contributed by atoms with Crippen molar-refractivity contribution in [2.24, 2.45) is 5.41 Å². The number of anilines is 1. The molecular formula is C22H25Cl3FN7. The quantitative estimate of drug-likeness (QED) is 0.435. The first kappa shape index (κ1) is 25.4. The second kappa shape index (κ2) is 9.18. The lowest BCUT2D eigenvalue weighted by Gasteiger charge is -2.48. The van der Waals surface area contributed by atoms with Crippen LogP contribution in [0.2, 0.25) is 0 Å². The lowest BCUT2D eigenvalue weighted by molar-refractivity contribution is 0.241. The van der Waals surface area contributed by atoms with E-state index in [2.05, 4.69) is 30.5 Å². The van der Waals surface area contributed by atoms with Crippen LogP contribution in [-0.2, 0) is 0 Å². The molecule has 0 bridgehead atoms. The van der Waals surface area contributed by atoms with Gasteiger partial charge in [0.15, 0.2) is 11.5 Å². The maximum Gasteiger partial charge on any atom is 0.156 e. The standard InChI is InChI=1S/C22H22FN7.3ClH/c1-13-5-18(28-30-9-14(2)25-21(13)30)15-6-17(23)16-8-20(27-26-19(16)7-15)29-11-22(12-29)3-4-24-10-22;;;/h5-9,24H,3-4,10-12H2,1-2H3;3*1H. The first-order valence-corrected chi connectivity index (χ1v) is 10.3. The number of fused-ring (bicyclic) bond motifs is 2. The van der Waals surface area contributed by atoms with Crippen molar-refractivity contribution in [1.82, 2.24) is 30.1 Å². The van der Waals surface area contributed by atoms with Crippen LogP contribution in [0.25, 0.3) is 27.8 Å². The average Bonchev–Trinajstić information content (AvgIpc) is 3.33. The number of nitrogens with zero attached hydrogens (tertiary/aromatic N) is 6. The third-order valence-electron chi connectivity index (χ3n) is 6.38. The predicted molar refractivity (Wildman–Crippen MR) is 135 cm³/mol. The Labute approximate surface area is 209 Å². The molecule has 0 aliphatic carbocycles. The summed E-state index contributed by atoms with van der Waals surface area (Å²) in [6.45, 7) is 7.94. The molecule has 1 N–H and O–H groups in total. The number of aryl methyl sites for hydroxylation is 2. The fourth-order valence-electron chi connectivity index (χ4n) is 4.77. The molecule has 0 amide bonds. The molecule has 5 heterocycles. The molecule has 2 aliphatic rings. The molecule has 11 heteroatoms. The van der Waals surface area contributed by atoms with Gasteiger partial charge in [0.1, 0.15) is 5.82 Å². The van der Waals surface area contributed by atoms with E-state index in [-0.39, 0.29) is 43.0 Å². The fourth-order valence-corrected chi connectivity index (χ4v) is 4.77. The number of benzene rings is 1. The van der Waals surface area contributed by atoms with E-state index in [0.717, 1.165) is 48.9 Å². The van der Waals surface area contributed by atoms with Gasteiger partial charge in [0.2, 0.25) is 0 Å². The van der Waals surface area contributed by atoms with Gasteiger partial charge in [-0.05, 0) is 56.6 Å². The largest absolute Gasteiger partial charge is 0.354 e. The molecule has 2 fully saturated rings. The molecule has 1 aromatic carbocycles. The maximum absolute atomic E-state index is 15.1. The number of nitrogens with one attached hydrogen (secondary N) is 1. The van der Waals surface area contributed by atoms with Crippen LogP contribution in [0, 0.1) is 25.1 Å². The summed E-state index contributed by atoms with van der Waals surface area (Å²) in [7, 11) is 0. The van der Waals surface area contributed by atoms with E-state index in [4.69, 9.17) is 0 Å². The highest BCUT2D eigenvalue weighted by Gasteiger charge is 2.45. The van der Waals surface area contributed by atoms with Gasteiger partial charge in [-0.25, -0.2) is 13.9 Å². The van der Waals surface area contributed by atoms with Crippen LogP contribution in [0.5, 0.6) is 0 Å². The van der Waals surface area contributed by atoms with Crippen LogP contribution in [0.4, 0.5) is 10.2 Å². The van der Waals surface area contributed by atoms with Crippen molar-refractivity contribution in [2.75, 3.05) is 31.1 Å². The summed E-state index contributed by atoms with van der Waals surface area (Å²) in [5.41, 5.74) is 4.95. The molecule has 7 nitrogen and oxygen atoms in total. The van der Waals surface area contributed by atoms with E-state index in [0.29, 0.717) is 27.6 Å². The normalized spacial score (nSPS) is 16.3. The molecule has 33 heavy (non-hydrogen) atoms. The van der Waals surface area contributed by atoms with E-state index >= 15 is 4.39 Å². The zero-order chi connectivity index (χ0) is 20.5. The highest BCUT2D eigenvalue weighted by atomic mass is 35.5. The monoisotopic (exact) mass is 511 g/mol. The number of imidazole rings is 1. The van der Waals surface area contributed by atoms with E-state index in [1.54, 1.807) is 4.52 Å². The van der Waals surface area contributed by atoms with E-state index < -0.39 is 0 Å². The first-order chi connectivity index (χ1) is 14.5. The first-order valence-electron chi connectivity index (χ1n) is 10.3. The van der Waals surface area contributed by atoms with Crippen LogP contribution in [0.3, 0.4) is 0 Å². The Hall–Kier alpha value is -2.26. The van der Waals surface area contributed by atoms with Crippen LogP contribution in [0.15, 0.2) is 30.5 Å². The Morgan fingerprint density at radius 2 is 1.82 bits per heavy atom. The van der Waals surface area contributed by atoms with Gasteiger partial charge in [-0.3, -0.25) is 0 Å². The Balaban J connectivity index is 0.00000102. The Bertz CT molecular complexity index is 1310. The molecule has 1 spiro atoms. The number of rotatable bonds is 2. The summed E-state index contributed by atoms with van der Waals surface area (Å²) in [6, 6.07) is 7.13. The van der Waals surface area contributed by atoms with Gasteiger partial charge in [0.25, 0.3) is 0 Å². The summed E-state index contributed by atoms with van der Waals surface area (Å²) in [5.74, 6) is 0.439. The van der Waals surface area contributed by atoms with Gasteiger partial charge in [0, 0.05) is 36.0 Å². The van der Waals surface area contributed by atoms with Crippen LogP contribution < -0.4 is 10.2 Å². The van der Waals surface area contributed by atoms with Crippen molar-refractivity contribution in [3.05, 3.63) is 47.5 Å². The van der Waals surface area contributed by atoms with Gasteiger partial charge < -0.3 is 10.2 Å². The molecular weight excluding hydrogens is 488 g/mol. The van der Waals surface area contributed by atoms with Crippen molar-refractivity contribution < 1.29 is 4.39 Å². The van der Waals surface area contributed by atoms with Crippen molar-refractivity contribution in [3.8, 4) is 11.3 Å². The number of hydrogen-bond donors (Lipinski definition) is 1. The summed E-state index contributed by atoms with van der Waals surface area (Å²) >= 11 is 0. The third kappa shape index (κ3) is 4.21. The topological polar surface area (TPSA) is 71.2 Å². The summed E-state index contributed by atoms with van der Waals surface area (Å²) in [4.78, 5) is 6.66. The molecule has 2 saturated heterocycles. The molecule has 0 saturated carbocycles. The second-order valence-corrected chi connectivity index (χ2v) is 8.74. The minimum absolute atomic E-state index is 0. The third-order valence-corrected chi connectivity index (χ3v) is 6.38. The van der Waals surface area contributed by atoms with E-state index in [1.165, 1.54) is 12.5 Å². The average molecular weight is 513 g/mol. The number of aromatic nitrogens is 5. The minimum Gasteiger partial charge on any atom is -0.354 e. The maximum atomic E-state index is 15.1. The van der Waals surface area contributed by atoms with E-state index in [1.807, 2.05) is 38.2 Å².